The zero-order chi connectivity index (χ0) is 18.5. The quantitative estimate of drug-likeness (QED) is 0.733. The molecule has 1 aromatic heterocycles. The number of benzene rings is 2. The van der Waals surface area contributed by atoms with E-state index in [0.29, 0.717) is 17.4 Å². The van der Waals surface area contributed by atoms with Crippen molar-refractivity contribution in [3.63, 3.8) is 0 Å². The van der Waals surface area contributed by atoms with E-state index in [9.17, 15) is 4.79 Å². The van der Waals surface area contributed by atoms with Crippen LogP contribution >= 0.6 is 0 Å². The molecule has 1 amide bonds. The Morgan fingerprint density at radius 2 is 1.88 bits per heavy atom. The monoisotopic (exact) mass is 353 g/mol. The summed E-state index contributed by atoms with van der Waals surface area (Å²) in [6.07, 6.45) is 0. The number of nitrogens with zero attached hydrogens (tertiary/aromatic N) is 2. The van der Waals surface area contributed by atoms with E-state index >= 15 is 0 Å². The fraction of sp³-hybridized carbons (Fsp3) is 0.211. The molecule has 0 saturated carbocycles. The first-order valence-electron chi connectivity index (χ1n) is 8.00. The molecule has 0 atom stereocenters. The van der Waals surface area contributed by atoms with Gasteiger partial charge in [0.15, 0.2) is 0 Å². The van der Waals surface area contributed by atoms with Gasteiger partial charge in [0.25, 0.3) is 17.6 Å². The summed E-state index contributed by atoms with van der Waals surface area (Å²) in [7, 11) is 3.15. The zero-order valence-electron chi connectivity index (χ0n) is 14.8. The number of ether oxygens (including phenoxy) is 2. The Morgan fingerprint density at radius 1 is 1.12 bits per heavy atom. The zero-order valence-corrected chi connectivity index (χ0v) is 14.8. The molecule has 1 N–H and O–H groups in total. The fourth-order valence-electron chi connectivity index (χ4n) is 2.40. The third-order valence-electron chi connectivity index (χ3n) is 3.85. The van der Waals surface area contributed by atoms with Gasteiger partial charge in [-0.1, -0.05) is 22.9 Å². The summed E-state index contributed by atoms with van der Waals surface area (Å²) < 4.78 is 15.7. The number of aromatic nitrogens is 2. The third-order valence-corrected chi connectivity index (χ3v) is 3.85. The van der Waals surface area contributed by atoms with Crippen LogP contribution in [0.3, 0.4) is 0 Å². The van der Waals surface area contributed by atoms with Crippen molar-refractivity contribution in [2.24, 2.45) is 0 Å². The first kappa shape index (κ1) is 17.5. The van der Waals surface area contributed by atoms with Gasteiger partial charge in [0, 0.05) is 17.7 Å². The molecule has 0 bridgehead atoms. The average Bonchev–Trinajstić information content (AvgIpc) is 3.16. The van der Waals surface area contributed by atoms with Gasteiger partial charge >= 0.3 is 0 Å². The van der Waals surface area contributed by atoms with Crippen molar-refractivity contribution in [1.82, 2.24) is 15.5 Å². The number of rotatable bonds is 6. The highest BCUT2D eigenvalue weighted by atomic mass is 16.5. The number of carbonyl (C=O) groups excluding carboxylic acids is 1. The second-order valence-electron chi connectivity index (χ2n) is 5.65. The van der Waals surface area contributed by atoms with Gasteiger partial charge in [0.05, 0.1) is 14.2 Å². The first-order chi connectivity index (χ1) is 12.6. The van der Waals surface area contributed by atoms with E-state index in [-0.39, 0.29) is 12.4 Å². The van der Waals surface area contributed by atoms with E-state index in [1.807, 2.05) is 31.2 Å². The normalized spacial score (nSPS) is 10.4. The number of hydrogen-bond acceptors (Lipinski definition) is 6. The van der Waals surface area contributed by atoms with E-state index in [4.69, 9.17) is 14.0 Å². The molecular weight excluding hydrogens is 334 g/mol. The fourth-order valence-corrected chi connectivity index (χ4v) is 2.40. The van der Waals surface area contributed by atoms with Gasteiger partial charge in [-0.3, -0.25) is 4.79 Å². The number of methoxy groups -OCH3 is 2. The van der Waals surface area contributed by atoms with Crippen LogP contribution in [-0.4, -0.2) is 30.3 Å². The number of carbonyl (C=O) groups is 1. The largest absolute Gasteiger partial charge is 0.497 e. The highest BCUT2D eigenvalue weighted by Crippen LogP contribution is 2.24. The van der Waals surface area contributed by atoms with Crippen LogP contribution in [-0.2, 0) is 6.54 Å². The molecule has 7 heteroatoms. The molecule has 0 radical (unpaired) electrons. The van der Waals surface area contributed by atoms with E-state index < -0.39 is 5.91 Å². The highest BCUT2D eigenvalue weighted by Gasteiger charge is 2.16. The van der Waals surface area contributed by atoms with Crippen LogP contribution in [0, 0.1) is 6.92 Å². The van der Waals surface area contributed by atoms with Crippen molar-refractivity contribution < 1.29 is 18.8 Å². The van der Waals surface area contributed by atoms with Gasteiger partial charge in [0.2, 0.25) is 0 Å². The molecule has 0 aliphatic heterocycles. The molecular formula is C19H19N3O4. The van der Waals surface area contributed by atoms with Crippen LogP contribution in [0.4, 0.5) is 0 Å². The Bertz CT molecular complexity index is 903. The minimum atomic E-state index is -0.433. The van der Waals surface area contributed by atoms with Crippen LogP contribution < -0.4 is 14.8 Å². The van der Waals surface area contributed by atoms with Crippen LogP contribution in [0.15, 0.2) is 47.0 Å². The van der Waals surface area contributed by atoms with E-state index in [0.717, 1.165) is 16.7 Å². The smallest absolute Gasteiger partial charge is 0.292 e. The summed E-state index contributed by atoms with van der Waals surface area (Å²) in [6.45, 7) is 2.23. The minimum absolute atomic E-state index is 0.0255. The molecule has 7 nitrogen and oxygen atoms in total. The van der Waals surface area contributed by atoms with Gasteiger partial charge in [-0.25, -0.2) is 0 Å². The lowest BCUT2D eigenvalue weighted by Gasteiger charge is -2.10. The summed E-state index contributed by atoms with van der Waals surface area (Å²) >= 11 is 0. The SMILES string of the molecule is COc1ccc(OC)c(CNC(=O)c2noc(-c3ccc(C)cc3)n2)c1. The maximum absolute atomic E-state index is 12.3. The first-order valence-corrected chi connectivity index (χ1v) is 8.00. The Balaban J connectivity index is 1.70. The molecule has 0 unspecified atom stereocenters. The second kappa shape index (κ2) is 7.69. The molecule has 0 spiro atoms. The maximum Gasteiger partial charge on any atom is 0.292 e. The van der Waals surface area contributed by atoms with Gasteiger partial charge in [-0.05, 0) is 37.3 Å². The molecule has 134 valence electrons. The number of aryl methyl sites for hydroxylation is 1. The predicted octanol–water partition coefficient (Wildman–Crippen LogP) is 2.99. The molecule has 3 aromatic rings. The summed E-state index contributed by atoms with van der Waals surface area (Å²) in [5, 5.41) is 6.51. The van der Waals surface area contributed by atoms with E-state index in [1.54, 1.807) is 32.4 Å². The summed E-state index contributed by atoms with van der Waals surface area (Å²) in [6, 6.07) is 13.0. The molecule has 0 saturated heterocycles. The molecule has 0 fully saturated rings. The number of hydrogen-bond donors (Lipinski definition) is 1. The van der Waals surface area contributed by atoms with Gasteiger partial charge in [-0.2, -0.15) is 4.98 Å². The molecule has 1 heterocycles. The second-order valence-corrected chi connectivity index (χ2v) is 5.65. The lowest BCUT2D eigenvalue weighted by atomic mass is 10.1. The number of amides is 1. The van der Waals surface area contributed by atoms with Crippen LogP contribution in [0.2, 0.25) is 0 Å². The standard InChI is InChI=1S/C19H19N3O4/c1-12-4-6-13(7-5-12)19-21-17(22-26-19)18(23)20-11-14-10-15(24-2)8-9-16(14)25-3/h4-10H,11H2,1-3H3,(H,20,23). The lowest BCUT2D eigenvalue weighted by Crippen LogP contribution is -2.24. The van der Waals surface area contributed by atoms with Crippen molar-refractivity contribution >= 4 is 5.91 Å². The lowest BCUT2D eigenvalue weighted by molar-refractivity contribution is 0.0937. The van der Waals surface area contributed by atoms with Crippen molar-refractivity contribution in [1.29, 1.82) is 0 Å². The topological polar surface area (TPSA) is 86.5 Å². The summed E-state index contributed by atoms with van der Waals surface area (Å²) in [5.74, 6) is 1.17. The predicted molar refractivity (Wildman–Crippen MR) is 95.2 cm³/mol. The average molecular weight is 353 g/mol. The minimum Gasteiger partial charge on any atom is -0.497 e. The van der Waals surface area contributed by atoms with Crippen molar-refractivity contribution in [2.75, 3.05) is 14.2 Å². The molecule has 3 rings (SSSR count). The Kier molecular flexibility index (Phi) is 5.17. The molecule has 0 aliphatic carbocycles. The summed E-state index contributed by atoms with van der Waals surface area (Å²) in [5.41, 5.74) is 2.66. The highest BCUT2D eigenvalue weighted by molar-refractivity contribution is 5.90. The number of nitrogens with one attached hydrogen (secondary N) is 1. The van der Waals surface area contributed by atoms with Crippen molar-refractivity contribution in [2.45, 2.75) is 13.5 Å². The summed E-state index contributed by atoms with van der Waals surface area (Å²) in [4.78, 5) is 16.5. The molecule has 2 aromatic carbocycles. The molecule has 0 aliphatic rings. The van der Waals surface area contributed by atoms with Crippen LogP contribution in [0.25, 0.3) is 11.5 Å². The van der Waals surface area contributed by atoms with Gasteiger partial charge in [-0.15, -0.1) is 0 Å². The third kappa shape index (κ3) is 3.83. The molecule has 26 heavy (non-hydrogen) atoms. The Hall–Kier alpha value is -3.35. The van der Waals surface area contributed by atoms with Crippen LogP contribution in [0.5, 0.6) is 11.5 Å². The van der Waals surface area contributed by atoms with E-state index in [1.165, 1.54) is 0 Å². The van der Waals surface area contributed by atoms with Gasteiger partial charge in [0.1, 0.15) is 11.5 Å². The van der Waals surface area contributed by atoms with Crippen LogP contribution in [0.1, 0.15) is 21.7 Å². The van der Waals surface area contributed by atoms with Crippen molar-refractivity contribution in [3.8, 4) is 23.0 Å². The van der Waals surface area contributed by atoms with Gasteiger partial charge < -0.3 is 19.3 Å². The maximum atomic E-state index is 12.3. The Morgan fingerprint density at radius 3 is 2.58 bits per heavy atom. The van der Waals surface area contributed by atoms with E-state index in [2.05, 4.69) is 15.5 Å². The Labute approximate surface area is 150 Å². The van der Waals surface area contributed by atoms with Crippen molar-refractivity contribution in [3.05, 3.63) is 59.4 Å².